The number of aromatic nitrogens is 2. The fourth-order valence-corrected chi connectivity index (χ4v) is 4.42. The van der Waals surface area contributed by atoms with Crippen molar-refractivity contribution in [3.05, 3.63) is 5.51 Å². The molecule has 0 radical (unpaired) electrons. The van der Waals surface area contributed by atoms with Crippen molar-refractivity contribution in [3.8, 4) is 0 Å². The quantitative estimate of drug-likeness (QED) is 0.794. The van der Waals surface area contributed by atoms with Gasteiger partial charge in [-0.05, 0) is 19.3 Å². The van der Waals surface area contributed by atoms with Crippen molar-refractivity contribution in [2.45, 2.75) is 24.9 Å². The van der Waals surface area contributed by atoms with Crippen molar-refractivity contribution in [3.63, 3.8) is 0 Å². The number of nitrogens with zero attached hydrogens (tertiary/aromatic N) is 4. The molecule has 1 unspecified atom stereocenters. The second-order valence-electron chi connectivity index (χ2n) is 6.54. The summed E-state index contributed by atoms with van der Waals surface area (Å²) in [6.45, 7) is 5.15. The van der Waals surface area contributed by atoms with E-state index in [0.717, 1.165) is 37.5 Å². The standard InChI is InChI=1S/C15H22N4O3S/c20-13(18-5-7-21-8-6-18)12-9-15(22-10-12)1-3-19(4-2-15)14-17-16-11-23-14/h11-12H,1-10H2. The molecule has 1 spiro atoms. The van der Waals surface area contributed by atoms with E-state index in [-0.39, 0.29) is 17.4 Å². The SMILES string of the molecule is O=C(C1COC2(CCN(c3nncs3)CC2)C1)N1CCOCC1. The van der Waals surface area contributed by atoms with Gasteiger partial charge in [0.2, 0.25) is 11.0 Å². The van der Waals surface area contributed by atoms with Gasteiger partial charge in [0.1, 0.15) is 5.51 Å². The van der Waals surface area contributed by atoms with E-state index >= 15 is 0 Å². The summed E-state index contributed by atoms with van der Waals surface area (Å²) in [5, 5.41) is 9.03. The number of piperidine rings is 1. The highest BCUT2D eigenvalue weighted by molar-refractivity contribution is 7.13. The van der Waals surface area contributed by atoms with Gasteiger partial charge in [-0.3, -0.25) is 4.79 Å². The molecule has 1 aromatic rings. The topological polar surface area (TPSA) is 67.8 Å². The number of ether oxygens (including phenoxy) is 2. The molecule has 23 heavy (non-hydrogen) atoms. The van der Waals surface area contributed by atoms with Crippen LogP contribution in [0.3, 0.4) is 0 Å². The Labute approximate surface area is 139 Å². The Morgan fingerprint density at radius 3 is 2.74 bits per heavy atom. The van der Waals surface area contributed by atoms with Crippen LogP contribution in [0.15, 0.2) is 5.51 Å². The molecule has 3 saturated heterocycles. The van der Waals surface area contributed by atoms with Gasteiger partial charge in [-0.25, -0.2) is 0 Å². The second kappa shape index (κ2) is 6.33. The number of morpholine rings is 1. The van der Waals surface area contributed by atoms with Crippen LogP contribution in [0.5, 0.6) is 0 Å². The van der Waals surface area contributed by atoms with Crippen molar-refractivity contribution >= 4 is 22.4 Å². The first-order chi connectivity index (χ1) is 11.3. The number of carbonyl (C=O) groups is 1. The molecule has 0 aromatic carbocycles. The molecule has 1 amide bonds. The Balaban J connectivity index is 1.34. The molecular formula is C15H22N4O3S. The average molecular weight is 338 g/mol. The van der Waals surface area contributed by atoms with Crippen molar-refractivity contribution < 1.29 is 14.3 Å². The average Bonchev–Trinajstić information content (AvgIpc) is 3.27. The minimum Gasteiger partial charge on any atom is -0.378 e. The normalized spacial score (nSPS) is 27.6. The molecule has 0 bridgehead atoms. The van der Waals surface area contributed by atoms with Gasteiger partial charge in [0.25, 0.3) is 0 Å². The molecule has 126 valence electrons. The maximum Gasteiger partial charge on any atom is 0.228 e. The Morgan fingerprint density at radius 2 is 2.04 bits per heavy atom. The van der Waals surface area contributed by atoms with Gasteiger partial charge < -0.3 is 19.3 Å². The summed E-state index contributed by atoms with van der Waals surface area (Å²) in [7, 11) is 0. The Hall–Kier alpha value is -1.25. The van der Waals surface area contributed by atoms with Crippen LogP contribution in [0.4, 0.5) is 5.13 Å². The van der Waals surface area contributed by atoms with E-state index in [4.69, 9.17) is 9.47 Å². The van der Waals surface area contributed by atoms with Gasteiger partial charge in [0.05, 0.1) is 31.3 Å². The summed E-state index contributed by atoms with van der Waals surface area (Å²) >= 11 is 1.57. The summed E-state index contributed by atoms with van der Waals surface area (Å²) in [5.74, 6) is 0.262. The first kappa shape index (κ1) is 15.3. The molecule has 4 rings (SSSR count). The second-order valence-corrected chi connectivity index (χ2v) is 7.35. The monoisotopic (exact) mass is 338 g/mol. The largest absolute Gasteiger partial charge is 0.378 e. The molecular weight excluding hydrogens is 316 g/mol. The summed E-state index contributed by atoms with van der Waals surface area (Å²) in [5.41, 5.74) is 1.65. The van der Waals surface area contributed by atoms with Gasteiger partial charge in [-0.1, -0.05) is 11.3 Å². The first-order valence-corrected chi connectivity index (χ1v) is 9.15. The summed E-state index contributed by atoms with van der Waals surface area (Å²) < 4.78 is 11.5. The van der Waals surface area contributed by atoms with Crippen LogP contribution in [0, 0.1) is 5.92 Å². The molecule has 7 nitrogen and oxygen atoms in total. The van der Waals surface area contributed by atoms with E-state index in [1.807, 2.05) is 4.90 Å². The van der Waals surface area contributed by atoms with Crippen LogP contribution in [-0.2, 0) is 14.3 Å². The minimum atomic E-state index is -0.117. The van der Waals surface area contributed by atoms with E-state index in [2.05, 4.69) is 15.1 Å². The highest BCUT2D eigenvalue weighted by Crippen LogP contribution is 2.40. The van der Waals surface area contributed by atoms with Gasteiger partial charge in [-0.2, -0.15) is 0 Å². The van der Waals surface area contributed by atoms with E-state index < -0.39 is 0 Å². The lowest BCUT2D eigenvalue weighted by atomic mass is 9.85. The molecule has 8 heteroatoms. The maximum atomic E-state index is 12.6. The molecule has 3 aliphatic heterocycles. The number of carbonyl (C=O) groups excluding carboxylic acids is 1. The van der Waals surface area contributed by atoms with Crippen molar-refractivity contribution in [2.75, 3.05) is 50.9 Å². The van der Waals surface area contributed by atoms with E-state index in [1.165, 1.54) is 0 Å². The summed E-state index contributed by atoms with van der Waals surface area (Å²) in [6.07, 6.45) is 2.77. The highest BCUT2D eigenvalue weighted by atomic mass is 32.1. The van der Waals surface area contributed by atoms with Gasteiger partial charge >= 0.3 is 0 Å². The lowest BCUT2D eigenvalue weighted by Crippen LogP contribution is -2.46. The summed E-state index contributed by atoms with van der Waals surface area (Å²) in [4.78, 5) is 16.8. The lowest BCUT2D eigenvalue weighted by molar-refractivity contribution is -0.139. The van der Waals surface area contributed by atoms with Crippen LogP contribution in [-0.4, -0.2) is 72.6 Å². The molecule has 1 atom stereocenters. The Bertz CT molecular complexity index is 539. The molecule has 1 aromatic heterocycles. The number of hydrogen-bond acceptors (Lipinski definition) is 7. The van der Waals surface area contributed by atoms with Gasteiger partial charge in [0, 0.05) is 26.2 Å². The molecule has 3 fully saturated rings. The van der Waals surface area contributed by atoms with Crippen molar-refractivity contribution in [1.82, 2.24) is 15.1 Å². The van der Waals surface area contributed by atoms with Crippen LogP contribution in [0.1, 0.15) is 19.3 Å². The highest BCUT2D eigenvalue weighted by Gasteiger charge is 2.46. The first-order valence-electron chi connectivity index (χ1n) is 8.27. The zero-order valence-electron chi connectivity index (χ0n) is 13.1. The third kappa shape index (κ3) is 3.07. The molecule has 0 saturated carbocycles. The van der Waals surface area contributed by atoms with Crippen molar-refractivity contribution in [2.24, 2.45) is 5.92 Å². The fourth-order valence-electron chi connectivity index (χ4n) is 3.80. The Morgan fingerprint density at radius 1 is 1.26 bits per heavy atom. The predicted molar refractivity (Wildman–Crippen MR) is 85.5 cm³/mol. The molecule has 4 heterocycles. The van der Waals surface area contributed by atoms with E-state index in [1.54, 1.807) is 16.8 Å². The van der Waals surface area contributed by atoms with Gasteiger partial charge in [0.15, 0.2) is 0 Å². The van der Waals surface area contributed by atoms with Crippen LogP contribution < -0.4 is 4.90 Å². The van der Waals surface area contributed by atoms with E-state index in [0.29, 0.717) is 32.9 Å². The lowest BCUT2D eigenvalue weighted by Gasteiger charge is -2.38. The molecule has 0 aliphatic carbocycles. The van der Waals surface area contributed by atoms with Crippen LogP contribution >= 0.6 is 11.3 Å². The van der Waals surface area contributed by atoms with Crippen LogP contribution in [0.2, 0.25) is 0 Å². The number of anilines is 1. The smallest absolute Gasteiger partial charge is 0.228 e. The minimum absolute atomic E-state index is 0.0150. The summed E-state index contributed by atoms with van der Waals surface area (Å²) in [6, 6.07) is 0. The van der Waals surface area contributed by atoms with Crippen molar-refractivity contribution in [1.29, 1.82) is 0 Å². The molecule has 0 N–H and O–H groups in total. The third-order valence-corrected chi connectivity index (χ3v) is 5.93. The fraction of sp³-hybridized carbons (Fsp3) is 0.800. The zero-order valence-corrected chi connectivity index (χ0v) is 14.0. The van der Waals surface area contributed by atoms with Crippen LogP contribution in [0.25, 0.3) is 0 Å². The zero-order chi connectivity index (χ0) is 15.7. The third-order valence-electron chi connectivity index (χ3n) is 5.17. The number of rotatable bonds is 2. The Kier molecular flexibility index (Phi) is 4.21. The van der Waals surface area contributed by atoms with E-state index in [9.17, 15) is 4.79 Å². The predicted octanol–water partition coefficient (Wildman–Crippen LogP) is 0.772. The number of hydrogen-bond donors (Lipinski definition) is 0. The maximum absolute atomic E-state index is 12.6. The van der Waals surface area contributed by atoms with Gasteiger partial charge in [-0.15, -0.1) is 10.2 Å². The number of amides is 1. The molecule has 3 aliphatic rings.